The fourth-order valence-corrected chi connectivity index (χ4v) is 2.71. The minimum absolute atomic E-state index is 0.271. The van der Waals surface area contributed by atoms with Crippen LogP contribution in [0.15, 0.2) is 35.9 Å². The minimum atomic E-state index is -0.579. The second kappa shape index (κ2) is 8.42. The molecule has 1 heterocycles. The molecule has 122 valence electrons. The van der Waals surface area contributed by atoms with Crippen molar-refractivity contribution < 1.29 is 9.50 Å². The third kappa shape index (κ3) is 5.52. The first-order valence-corrected chi connectivity index (χ1v) is 8.07. The van der Waals surface area contributed by atoms with Crippen molar-refractivity contribution in [3.05, 3.63) is 47.3 Å². The molecule has 1 fully saturated rings. The Kier molecular flexibility index (Phi) is 6.55. The summed E-state index contributed by atoms with van der Waals surface area (Å²) in [6.45, 7) is 8.00. The molecule has 22 heavy (non-hydrogen) atoms. The zero-order chi connectivity index (χ0) is 15.9. The fourth-order valence-electron chi connectivity index (χ4n) is 2.71. The molecule has 0 amide bonds. The van der Waals surface area contributed by atoms with Gasteiger partial charge in [0.1, 0.15) is 5.82 Å². The Bertz CT molecular complexity index is 474. The maximum Gasteiger partial charge on any atom is 0.123 e. The molecule has 1 saturated heterocycles. The molecule has 1 aromatic carbocycles. The Morgan fingerprint density at radius 1 is 1.32 bits per heavy atom. The second-order valence-corrected chi connectivity index (χ2v) is 6.33. The zero-order valence-electron chi connectivity index (χ0n) is 13.6. The van der Waals surface area contributed by atoms with Gasteiger partial charge in [-0.1, -0.05) is 23.8 Å². The number of allylic oxidation sites excluding steroid dienone is 1. The highest BCUT2D eigenvalue weighted by molar-refractivity contribution is 5.18. The van der Waals surface area contributed by atoms with Gasteiger partial charge >= 0.3 is 0 Å². The molecule has 0 spiro atoms. The van der Waals surface area contributed by atoms with Gasteiger partial charge in [0.15, 0.2) is 0 Å². The second-order valence-electron chi connectivity index (χ2n) is 6.33. The summed E-state index contributed by atoms with van der Waals surface area (Å²) in [6.07, 6.45) is 3.90. The molecule has 1 atom stereocenters. The molecule has 4 heteroatoms. The van der Waals surface area contributed by atoms with Gasteiger partial charge in [-0.3, -0.25) is 4.90 Å². The van der Waals surface area contributed by atoms with E-state index >= 15 is 0 Å². The number of aliphatic hydroxyl groups excluding tert-OH is 1. The molecule has 2 N–H and O–H groups in total. The van der Waals surface area contributed by atoms with E-state index in [4.69, 9.17) is 0 Å². The van der Waals surface area contributed by atoms with Crippen LogP contribution in [-0.2, 0) is 0 Å². The molecule has 0 aromatic heterocycles. The van der Waals surface area contributed by atoms with E-state index in [0.29, 0.717) is 12.6 Å². The predicted molar refractivity (Wildman–Crippen MR) is 88.3 cm³/mol. The normalized spacial score (nSPS) is 18.2. The van der Waals surface area contributed by atoms with E-state index in [9.17, 15) is 9.50 Å². The van der Waals surface area contributed by atoms with Gasteiger partial charge < -0.3 is 10.4 Å². The maximum absolute atomic E-state index is 12.9. The number of likely N-dealkylation sites (tertiary alicyclic amines) is 1. The standard InChI is InChI=1S/C18H27FN2O/c1-14(2)7-10-21-11-8-17(9-12-21)20-13-18(22)15-3-5-16(19)6-4-15/h3-7,17-18,20,22H,8-13H2,1-2H3. The minimum Gasteiger partial charge on any atom is -0.387 e. The van der Waals surface area contributed by atoms with Crippen LogP contribution in [0.25, 0.3) is 0 Å². The van der Waals surface area contributed by atoms with Crippen LogP contribution in [0.3, 0.4) is 0 Å². The first kappa shape index (κ1) is 17.1. The number of hydrogen-bond donors (Lipinski definition) is 2. The number of hydrogen-bond acceptors (Lipinski definition) is 3. The summed E-state index contributed by atoms with van der Waals surface area (Å²) in [5.41, 5.74) is 2.12. The summed E-state index contributed by atoms with van der Waals surface area (Å²) in [4.78, 5) is 2.46. The van der Waals surface area contributed by atoms with Crippen molar-refractivity contribution in [2.45, 2.75) is 38.8 Å². The summed E-state index contributed by atoms with van der Waals surface area (Å²) in [5.74, 6) is -0.271. The molecule has 0 bridgehead atoms. The van der Waals surface area contributed by atoms with Crippen LogP contribution in [0, 0.1) is 5.82 Å². The molecule has 0 saturated carbocycles. The summed E-state index contributed by atoms with van der Waals surface area (Å²) >= 11 is 0. The topological polar surface area (TPSA) is 35.5 Å². The summed E-state index contributed by atoms with van der Waals surface area (Å²) in [7, 11) is 0. The lowest BCUT2D eigenvalue weighted by Crippen LogP contribution is -2.43. The molecule has 3 nitrogen and oxygen atoms in total. The maximum atomic E-state index is 12.9. The number of aliphatic hydroxyl groups is 1. The third-order valence-electron chi connectivity index (χ3n) is 4.20. The van der Waals surface area contributed by atoms with Gasteiger partial charge in [0.2, 0.25) is 0 Å². The van der Waals surface area contributed by atoms with Gasteiger partial charge in [-0.25, -0.2) is 4.39 Å². The van der Waals surface area contributed by atoms with Gasteiger partial charge in [-0.05, 0) is 57.5 Å². The lowest BCUT2D eigenvalue weighted by molar-refractivity contribution is 0.155. The highest BCUT2D eigenvalue weighted by atomic mass is 19.1. The zero-order valence-corrected chi connectivity index (χ0v) is 13.6. The third-order valence-corrected chi connectivity index (χ3v) is 4.20. The van der Waals surface area contributed by atoms with Gasteiger partial charge in [-0.2, -0.15) is 0 Å². The van der Waals surface area contributed by atoms with Gasteiger partial charge in [0.25, 0.3) is 0 Å². The average molecular weight is 306 g/mol. The van der Waals surface area contributed by atoms with E-state index in [-0.39, 0.29) is 5.82 Å². The van der Waals surface area contributed by atoms with Crippen molar-refractivity contribution in [2.24, 2.45) is 0 Å². The number of rotatable bonds is 6. The molecule has 1 aliphatic heterocycles. The Labute approximate surface area is 132 Å². The predicted octanol–water partition coefficient (Wildman–Crippen LogP) is 2.88. The van der Waals surface area contributed by atoms with Crippen molar-refractivity contribution in [2.75, 3.05) is 26.2 Å². The van der Waals surface area contributed by atoms with Gasteiger partial charge in [-0.15, -0.1) is 0 Å². The van der Waals surface area contributed by atoms with E-state index in [1.165, 1.54) is 17.7 Å². The van der Waals surface area contributed by atoms with Crippen molar-refractivity contribution in [3.63, 3.8) is 0 Å². The van der Waals surface area contributed by atoms with Crippen LogP contribution >= 0.6 is 0 Å². The largest absolute Gasteiger partial charge is 0.387 e. The van der Waals surface area contributed by atoms with Crippen LogP contribution in [0.5, 0.6) is 0 Å². The van der Waals surface area contributed by atoms with Gasteiger partial charge in [0, 0.05) is 19.1 Å². The number of nitrogens with zero attached hydrogens (tertiary/aromatic N) is 1. The quantitative estimate of drug-likeness (QED) is 0.793. The van der Waals surface area contributed by atoms with Crippen LogP contribution < -0.4 is 5.32 Å². The Hall–Kier alpha value is -1.23. The van der Waals surface area contributed by atoms with Crippen LogP contribution in [0.2, 0.25) is 0 Å². The number of halogens is 1. The molecule has 1 aliphatic rings. The lowest BCUT2D eigenvalue weighted by Gasteiger charge is -2.32. The Morgan fingerprint density at radius 3 is 2.55 bits per heavy atom. The lowest BCUT2D eigenvalue weighted by atomic mass is 10.0. The smallest absolute Gasteiger partial charge is 0.123 e. The van der Waals surface area contributed by atoms with Crippen molar-refractivity contribution in [3.8, 4) is 0 Å². The van der Waals surface area contributed by atoms with E-state index < -0.39 is 6.10 Å². The van der Waals surface area contributed by atoms with Crippen LogP contribution in [0.4, 0.5) is 4.39 Å². The molecule has 0 radical (unpaired) electrons. The van der Waals surface area contributed by atoms with Crippen molar-refractivity contribution in [1.29, 1.82) is 0 Å². The molecular formula is C18H27FN2O. The fraction of sp³-hybridized carbons (Fsp3) is 0.556. The van der Waals surface area contributed by atoms with Crippen molar-refractivity contribution >= 4 is 0 Å². The highest BCUT2D eigenvalue weighted by Gasteiger charge is 2.19. The molecule has 0 aliphatic carbocycles. The van der Waals surface area contributed by atoms with E-state index in [2.05, 4.69) is 30.1 Å². The van der Waals surface area contributed by atoms with E-state index in [1.807, 2.05) is 0 Å². The van der Waals surface area contributed by atoms with Crippen LogP contribution in [0.1, 0.15) is 38.4 Å². The van der Waals surface area contributed by atoms with Crippen LogP contribution in [-0.4, -0.2) is 42.2 Å². The molecule has 2 rings (SSSR count). The summed E-state index contributed by atoms with van der Waals surface area (Å²) in [5, 5.41) is 13.6. The van der Waals surface area contributed by atoms with Crippen molar-refractivity contribution in [1.82, 2.24) is 10.2 Å². The van der Waals surface area contributed by atoms with Gasteiger partial charge in [0.05, 0.1) is 6.10 Å². The molecule has 1 aromatic rings. The average Bonchev–Trinajstić information content (AvgIpc) is 2.52. The van der Waals surface area contributed by atoms with E-state index in [0.717, 1.165) is 38.0 Å². The number of nitrogens with one attached hydrogen (secondary N) is 1. The summed E-state index contributed by atoms with van der Waals surface area (Å²) in [6, 6.07) is 6.52. The first-order chi connectivity index (χ1) is 10.5. The highest BCUT2D eigenvalue weighted by Crippen LogP contribution is 2.15. The summed E-state index contributed by atoms with van der Waals surface area (Å²) < 4.78 is 12.9. The SMILES string of the molecule is CC(C)=CCN1CCC(NCC(O)c2ccc(F)cc2)CC1. The Balaban J connectivity index is 1.70. The molecule has 1 unspecified atom stereocenters. The van der Waals surface area contributed by atoms with E-state index in [1.54, 1.807) is 12.1 Å². The Morgan fingerprint density at radius 2 is 1.95 bits per heavy atom. The number of piperidine rings is 1. The first-order valence-electron chi connectivity index (χ1n) is 8.07. The monoisotopic (exact) mass is 306 g/mol. The molecular weight excluding hydrogens is 279 g/mol. The number of benzene rings is 1.